The molecule has 1 heterocycles. The highest BCUT2D eigenvalue weighted by molar-refractivity contribution is 7.85. The molecule has 0 bridgehead atoms. The van der Waals surface area contributed by atoms with Gasteiger partial charge >= 0.3 is 0 Å². The number of carbonyl (C=O) groups excluding carboxylic acids is 1. The monoisotopic (exact) mass is 543 g/mol. The highest BCUT2D eigenvalue weighted by Gasteiger charge is 2.45. The quantitative estimate of drug-likeness (QED) is 0.137. The van der Waals surface area contributed by atoms with Gasteiger partial charge in [-0.2, -0.15) is 13.0 Å². The Bertz CT molecular complexity index is 1570. The molecule has 1 aliphatic heterocycles. The van der Waals surface area contributed by atoms with Gasteiger partial charge in [0, 0.05) is 30.3 Å². The van der Waals surface area contributed by atoms with E-state index >= 15 is 0 Å². The zero-order valence-corrected chi connectivity index (χ0v) is 23.2. The molecule has 3 aromatic rings. The summed E-state index contributed by atoms with van der Waals surface area (Å²) in [7, 11) is -3.97. The van der Waals surface area contributed by atoms with Gasteiger partial charge in [0.25, 0.3) is 10.1 Å². The van der Waals surface area contributed by atoms with E-state index in [9.17, 15) is 13.2 Å². The standard InChI is InChI=1S/C32H34N2O4S/c1-32(2)29(18-8-3-4-11-21-33-30(35)24-25-14-6-5-7-15-25)34(22-12-13-23-39(36,37)38)28-20-19-26-16-9-10-17-27(26)31(28)32/h3-11,14-21H,12-13,22-24H2,1-2H3,(H,36,37,38)/p+1. The number of rotatable bonds is 11. The van der Waals surface area contributed by atoms with Gasteiger partial charge in [0.2, 0.25) is 11.6 Å². The van der Waals surface area contributed by atoms with Crippen LogP contribution in [0.15, 0.2) is 103 Å². The van der Waals surface area contributed by atoms with Crippen LogP contribution in [-0.2, 0) is 26.7 Å². The predicted molar refractivity (Wildman–Crippen MR) is 158 cm³/mol. The van der Waals surface area contributed by atoms with E-state index in [1.54, 1.807) is 12.3 Å². The van der Waals surface area contributed by atoms with Crippen LogP contribution in [0.4, 0.5) is 5.69 Å². The van der Waals surface area contributed by atoms with Crippen molar-refractivity contribution in [3.8, 4) is 0 Å². The van der Waals surface area contributed by atoms with Gasteiger partial charge in [0.1, 0.15) is 6.54 Å². The second kappa shape index (κ2) is 12.4. The Kier molecular flexibility index (Phi) is 8.94. The Morgan fingerprint density at radius 1 is 0.923 bits per heavy atom. The van der Waals surface area contributed by atoms with Crippen molar-refractivity contribution in [1.29, 1.82) is 0 Å². The zero-order chi connectivity index (χ0) is 27.9. The average Bonchev–Trinajstić information content (AvgIpc) is 3.12. The molecule has 1 aliphatic rings. The first kappa shape index (κ1) is 28.2. The van der Waals surface area contributed by atoms with Gasteiger partial charge in [-0.3, -0.25) is 9.35 Å². The normalized spacial score (nSPS) is 15.2. The zero-order valence-electron chi connectivity index (χ0n) is 22.4. The molecular weight excluding hydrogens is 508 g/mol. The molecule has 0 saturated heterocycles. The second-order valence-electron chi connectivity index (χ2n) is 10.2. The van der Waals surface area contributed by atoms with Crippen molar-refractivity contribution >= 4 is 38.2 Å². The summed E-state index contributed by atoms with van der Waals surface area (Å²) in [5.41, 5.74) is 4.18. The van der Waals surface area contributed by atoms with E-state index in [0.29, 0.717) is 25.8 Å². The number of nitrogens with zero attached hydrogens (tertiary/aromatic N) is 1. The second-order valence-corrected chi connectivity index (χ2v) is 11.7. The van der Waals surface area contributed by atoms with Crippen molar-refractivity contribution in [2.75, 3.05) is 12.3 Å². The first-order valence-electron chi connectivity index (χ1n) is 13.1. The van der Waals surface area contributed by atoms with Crippen LogP contribution in [0.1, 0.15) is 37.8 Å². The molecule has 0 atom stereocenters. The summed E-state index contributed by atoms with van der Waals surface area (Å²) in [4.78, 5) is 12.1. The third-order valence-corrected chi connectivity index (χ3v) is 7.73. The summed E-state index contributed by atoms with van der Waals surface area (Å²) < 4.78 is 33.8. The molecule has 3 aromatic carbocycles. The van der Waals surface area contributed by atoms with Gasteiger partial charge in [-0.15, -0.1) is 0 Å². The van der Waals surface area contributed by atoms with Gasteiger partial charge in [-0.05, 0) is 48.7 Å². The van der Waals surface area contributed by atoms with Gasteiger partial charge in [-0.25, -0.2) is 0 Å². The highest BCUT2D eigenvalue weighted by atomic mass is 32.2. The lowest BCUT2D eigenvalue weighted by Gasteiger charge is -2.17. The van der Waals surface area contributed by atoms with Crippen molar-refractivity contribution in [2.24, 2.45) is 0 Å². The molecule has 4 rings (SSSR count). The van der Waals surface area contributed by atoms with Crippen molar-refractivity contribution in [2.45, 2.75) is 38.5 Å². The number of hydrogen-bond donors (Lipinski definition) is 2. The van der Waals surface area contributed by atoms with E-state index in [0.717, 1.165) is 17.0 Å². The first-order chi connectivity index (χ1) is 18.7. The van der Waals surface area contributed by atoms with Crippen LogP contribution in [0.5, 0.6) is 0 Å². The summed E-state index contributed by atoms with van der Waals surface area (Å²) in [5, 5.41) is 5.17. The predicted octanol–water partition coefficient (Wildman–Crippen LogP) is 5.87. The van der Waals surface area contributed by atoms with Crippen LogP contribution >= 0.6 is 0 Å². The molecular formula is C32H35N2O4S+. The summed E-state index contributed by atoms with van der Waals surface area (Å²) in [5.74, 6) is -0.309. The molecule has 0 fully saturated rings. The molecule has 202 valence electrons. The Balaban J connectivity index is 1.49. The SMILES string of the molecule is CC1(C)C(/C=C/C=C/C=C/NC(=O)Cc2ccccc2)=[N+](CCCCS(=O)(=O)O)c2ccc3ccccc3c21. The van der Waals surface area contributed by atoms with Crippen molar-refractivity contribution in [3.63, 3.8) is 0 Å². The summed E-state index contributed by atoms with van der Waals surface area (Å²) in [6.45, 7) is 5.06. The molecule has 0 spiro atoms. The van der Waals surface area contributed by atoms with Crippen molar-refractivity contribution in [3.05, 3.63) is 114 Å². The third-order valence-electron chi connectivity index (χ3n) is 6.92. The molecule has 0 radical (unpaired) electrons. The van der Waals surface area contributed by atoms with Gasteiger partial charge in [-0.1, -0.05) is 72.8 Å². The molecule has 1 amide bonds. The number of nitrogens with one attached hydrogen (secondary N) is 1. The van der Waals surface area contributed by atoms with Crippen LogP contribution in [-0.4, -0.2) is 41.5 Å². The average molecular weight is 544 g/mol. The Morgan fingerprint density at radius 2 is 1.64 bits per heavy atom. The fraction of sp³-hybridized carbons (Fsp3) is 0.250. The molecule has 0 saturated carbocycles. The van der Waals surface area contributed by atoms with E-state index in [2.05, 4.69) is 60.1 Å². The Hall–Kier alpha value is -3.81. The molecule has 2 N–H and O–H groups in total. The van der Waals surface area contributed by atoms with E-state index in [1.807, 2.05) is 54.6 Å². The molecule has 6 nitrogen and oxygen atoms in total. The highest BCUT2D eigenvalue weighted by Crippen LogP contribution is 2.44. The molecule has 0 unspecified atom stereocenters. The fourth-order valence-corrected chi connectivity index (χ4v) is 5.70. The minimum Gasteiger partial charge on any atom is -0.332 e. The molecule has 7 heteroatoms. The molecule has 0 aliphatic carbocycles. The molecule has 0 aromatic heterocycles. The smallest absolute Gasteiger partial charge is 0.264 e. The summed E-state index contributed by atoms with van der Waals surface area (Å²) in [6.07, 6.45) is 12.6. The largest absolute Gasteiger partial charge is 0.332 e. The summed E-state index contributed by atoms with van der Waals surface area (Å²) in [6, 6.07) is 22.2. The third kappa shape index (κ3) is 7.19. The maximum atomic E-state index is 12.1. The minimum absolute atomic E-state index is 0.0701. The van der Waals surface area contributed by atoms with E-state index in [4.69, 9.17) is 4.55 Å². The number of benzene rings is 3. The topological polar surface area (TPSA) is 86.5 Å². The number of amides is 1. The van der Waals surface area contributed by atoms with Crippen LogP contribution in [0.2, 0.25) is 0 Å². The van der Waals surface area contributed by atoms with E-state index in [-0.39, 0.29) is 17.1 Å². The molecule has 39 heavy (non-hydrogen) atoms. The van der Waals surface area contributed by atoms with E-state index in [1.165, 1.54) is 16.3 Å². The number of allylic oxidation sites excluding steroid dienone is 5. The number of fused-ring (bicyclic) bond motifs is 3. The van der Waals surface area contributed by atoms with Crippen LogP contribution in [0, 0.1) is 0 Å². The maximum Gasteiger partial charge on any atom is 0.264 e. The number of unbranched alkanes of at least 4 members (excludes halogenated alkanes) is 1. The van der Waals surface area contributed by atoms with Crippen LogP contribution in [0.25, 0.3) is 10.8 Å². The Labute approximate surface area is 230 Å². The van der Waals surface area contributed by atoms with Gasteiger partial charge < -0.3 is 5.32 Å². The summed E-state index contributed by atoms with van der Waals surface area (Å²) >= 11 is 0. The fourth-order valence-electron chi connectivity index (χ4n) is 5.13. The lowest BCUT2D eigenvalue weighted by atomic mass is 9.79. The minimum atomic E-state index is -3.97. The lowest BCUT2D eigenvalue weighted by molar-refractivity contribution is -0.438. The Morgan fingerprint density at radius 3 is 2.41 bits per heavy atom. The van der Waals surface area contributed by atoms with Crippen molar-refractivity contribution in [1.82, 2.24) is 5.32 Å². The van der Waals surface area contributed by atoms with Crippen LogP contribution < -0.4 is 5.32 Å². The van der Waals surface area contributed by atoms with E-state index < -0.39 is 10.1 Å². The van der Waals surface area contributed by atoms with Gasteiger partial charge in [0.15, 0.2) is 5.71 Å². The number of carbonyl (C=O) groups is 1. The first-order valence-corrected chi connectivity index (χ1v) is 14.7. The van der Waals surface area contributed by atoms with Crippen LogP contribution in [0.3, 0.4) is 0 Å². The van der Waals surface area contributed by atoms with Crippen molar-refractivity contribution < 1.29 is 22.3 Å². The maximum absolute atomic E-state index is 12.1. The van der Waals surface area contributed by atoms with Gasteiger partial charge in [0.05, 0.1) is 17.6 Å². The lowest BCUT2D eigenvalue weighted by Crippen LogP contribution is -2.28. The number of hydrogen-bond acceptors (Lipinski definition) is 3.